The van der Waals surface area contributed by atoms with Gasteiger partial charge in [0.2, 0.25) is 0 Å². The van der Waals surface area contributed by atoms with Crippen LogP contribution >= 0.6 is 0 Å². The topological polar surface area (TPSA) is 102 Å². The zero-order valence-electron chi connectivity index (χ0n) is 13.7. The average molecular weight is 345 g/mol. The van der Waals surface area contributed by atoms with E-state index in [0.29, 0.717) is 5.69 Å². The summed E-state index contributed by atoms with van der Waals surface area (Å²) in [6, 6.07) is -0.159. The molecule has 9 heteroatoms. The van der Waals surface area contributed by atoms with Gasteiger partial charge in [0.25, 0.3) is 15.7 Å². The maximum atomic E-state index is 12.8. The summed E-state index contributed by atoms with van der Waals surface area (Å²) in [5.74, 6) is -0.702. The monoisotopic (exact) mass is 345 g/mol. The Bertz CT molecular complexity index is 803. The molecule has 1 aliphatic rings. The van der Waals surface area contributed by atoms with Crippen molar-refractivity contribution in [2.75, 3.05) is 17.8 Å². The molecular formula is C14H23N3O5S. The fraction of sp³-hybridized carbons (Fsp3) is 0.714. The van der Waals surface area contributed by atoms with Crippen molar-refractivity contribution in [1.29, 1.82) is 0 Å². The van der Waals surface area contributed by atoms with Gasteiger partial charge < -0.3 is 4.90 Å². The molecule has 2 rings (SSSR count). The average Bonchev–Trinajstić information content (AvgIpc) is 2.44. The van der Waals surface area contributed by atoms with Crippen LogP contribution in [0.5, 0.6) is 0 Å². The first kappa shape index (κ1) is 17.7. The van der Waals surface area contributed by atoms with Crippen molar-refractivity contribution in [1.82, 2.24) is 9.13 Å². The van der Waals surface area contributed by atoms with Crippen molar-refractivity contribution in [3.8, 4) is 0 Å². The highest BCUT2D eigenvalue weighted by Gasteiger charge is 2.25. The van der Waals surface area contributed by atoms with Gasteiger partial charge in [-0.1, -0.05) is 19.3 Å². The van der Waals surface area contributed by atoms with Crippen molar-refractivity contribution < 1.29 is 13.0 Å². The van der Waals surface area contributed by atoms with E-state index in [4.69, 9.17) is 4.55 Å². The lowest BCUT2D eigenvalue weighted by Gasteiger charge is -2.27. The summed E-state index contributed by atoms with van der Waals surface area (Å²) in [5, 5.41) is 0. The summed E-state index contributed by atoms with van der Waals surface area (Å²) in [5.41, 5.74) is -0.388. The fourth-order valence-corrected chi connectivity index (χ4v) is 3.85. The minimum atomic E-state index is -4.28. The second-order valence-corrected chi connectivity index (χ2v) is 7.57. The van der Waals surface area contributed by atoms with Gasteiger partial charge in [-0.2, -0.15) is 8.42 Å². The van der Waals surface area contributed by atoms with E-state index in [0.717, 1.165) is 32.1 Å². The number of aromatic nitrogens is 2. The largest absolute Gasteiger partial charge is 0.353 e. The summed E-state index contributed by atoms with van der Waals surface area (Å²) >= 11 is 0. The van der Waals surface area contributed by atoms with E-state index in [9.17, 15) is 18.0 Å². The number of anilines is 1. The van der Waals surface area contributed by atoms with Crippen LogP contribution in [0.3, 0.4) is 0 Å². The quantitative estimate of drug-likeness (QED) is 0.804. The summed E-state index contributed by atoms with van der Waals surface area (Å²) in [6.07, 6.45) is 4.54. The molecule has 0 unspecified atom stereocenters. The van der Waals surface area contributed by atoms with Crippen molar-refractivity contribution in [3.05, 3.63) is 26.5 Å². The van der Waals surface area contributed by atoms with Crippen molar-refractivity contribution in [2.45, 2.75) is 45.1 Å². The van der Waals surface area contributed by atoms with Gasteiger partial charge in [0, 0.05) is 25.8 Å². The van der Waals surface area contributed by atoms with Crippen molar-refractivity contribution in [3.63, 3.8) is 0 Å². The molecule has 0 bridgehead atoms. The number of rotatable bonds is 4. The highest BCUT2D eigenvalue weighted by atomic mass is 32.2. The molecule has 0 amide bonds. The Hall–Kier alpha value is -1.61. The lowest BCUT2D eigenvalue weighted by Crippen LogP contribution is -2.46. The molecule has 1 N–H and O–H groups in total. The van der Waals surface area contributed by atoms with E-state index < -0.39 is 21.6 Å². The molecule has 1 aliphatic carbocycles. The second kappa shape index (κ2) is 6.48. The third kappa shape index (κ3) is 3.66. The molecule has 0 saturated heterocycles. The van der Waals surface area contributed by atoms with Gasteiger partial charge in [0.15, 0.2) is 0 Å². The lowest BCUT2D eigenvalue weighted by molar-refractivity contribution is 0.331. The zero-order valence-corrected chi connectivity index (χ0v) is 14.5. The van der Waals surface area contributed by atoms with E-state index in [2.05, 4.69) is 0 Å². The predicted molar refractivity (Wildman–Crippen MR) is 87.6 cm³/mol. The summed E-state index contributed by atoms with van der Waals surface area (Å²) < 4.78 is 33.8. The molecule has 1 aromatic heterocycles. The molecule has 23 heavy (non-hydrogen) atoms. The van der Waals surface area contributed by atoms with Crippen LogP contribution in [0.25, 0.3) is 0 Å². The molecule has 1 aromatic rings. The number of hydrogen-bond donors (Lipinski definition) is 1. The fourth-order valence-electron chi connectivity index (χ4n) is 3.23. The van der Waals surface area contributed by atoms with Crippen molar-refractivity contribution in [2.24, 2.45) is 7.05 Å². The van der Waals surface area contributed by atoms with Crippen LogP contribution < -0.4 is 16.1 Å². The molecular weight excluding hydrogens is 322 g/mol. The Balaban J connectivity index is 2.61. The van der Waals surface area contributed by atoms with Crippen molar-refractivity contribution >= 4 is 15.8 Å². The van der Waals surface area contributed by atoms with E-state index in [-0.39, 0.29) is 17.4 Å². The molecule has 8 nitrogen and oxygen atoms in total. The molecule has 0 aliphatic heterocycles. The number of nitrogens with zero attached hydrogens (tertiary/aromatic N) is 3. The van der Waals surface area contributed by atoms with Crippen LogP contribution in [0.2, 0.25) is 0 Å². The highest BCUT2D eigenvalue weighted by molar-refractivity contribution is 7.85. The molecule has 1 saturated carbocycles. The van der Waals surface area contributed by atoms with Crippen LogP contribution in [0.4, 0.5) is 5.69 Å². The van der Waals surface area contributed by atoms with Crippen LogP contribution in [-0.2, 0) is 17.2 Å². The maximum absolute atomic E-state index is 12.8. The summed E-state index contributed by atoms with van der Waals surface area (Å²) in [7, 11) is -1.31. The first-order valence-electron chi connectivity index (χ1n) is 7.62. The van der Waals surface area contributed by atoms with Gasteiger partial charge in [-0.15, -0.1) is 0 Å². The van der Waals surface area contributed by atoms with Crippen LogP contribution in [0.15, 0.2) is 9.59 Å². The van der Waals surface area contributed by atoms with Gasteiger partial charge in [0.05, 0.1) is 0 Å². The number of hydrogen-bond acceptors (Lipinski definition) is 5. The first-order chi connectivity index (χ1) is 10.6. The van der Waals surface area contributed by atoms with Crippen LogP contribution in [-0.4, -0.2) is 35.0 Å². The summed E-state index contributed by atoms with van der Waals surface area (Å²) in [6.45, 7) is 1.59. The first-order valence-corrected chi connectivity index (χ1v) is 9.23. The van der Waals surface area contributed by atoms with Gasteiger partial charge in [0.1, 0.15) is 11.6 Å². The van der Waals surface area contributed by atoms with Gasteiger partial charge in [-0.05, 0) is 19.8 Å². The Morgan fingerprint density at radius 2 is 1.78 bits per heavy atom. The molecule has 1 fully saturated rings. The van der Waals surface area contributed by atoms with E-state index in [1.165, 1.54) is 21.1 Å². The Labute approximate surface area is 135 Å². The van der Waals surface area contributed by atoms with Gasteiger partial charge in [-0.3, -0.25) is 18.5 Å². The zero-order chi connectivity index (χ0) is 17.4. The minimum Gasteiger partial charge on any atom is -0.353 e. The highest BCUT2D eigenvalue weighted by Crippen LogP contribution is 2.26. The molecule has 1 heterocycles. The lowest BCUT2D eigenvalue weighted by atomic mass is 9.95. The third-order valence-electron chi connectivity index (χ3n) is 4.44. The summed E-state index contributed by atoms with van der Waals surface area (Å²) in [4.78, 5) is 26.5. The van der Waals surface area contributed by atoms with Gasteiger partial charge >= 0.3 is 5.69 Å². The Morgan fingerprint density at radius 3 is 2.30 bits per heavy atom. The van der Waals surface area contributed by atoms with Crippen LogP contribution in [0, 0.1) is 6.92 Å². The van der Waals surface area contributed by atoms with E-state index in [1.807, 2.05) is 0 Å². The van der Waals surface area contributed by atoms with E-state index in [1.54, 1.807) is 14.0 Å². The molecule has 0 spiro atoms. The van der Waals surface area contributed by atoms with Crippen LogP contribution in [0.1, 0.15) is 43.8 Å². The smallest absolute Gasteiger partial charge is 0.331 e. The van der Waals surface area contributed by atoms with Gasteiger partial charge in [-0.25, -0.2) is 4.79 Å². The molecule has 130 valence electrons. The molecule has 0 aromatic carbocycles. The predicted octanol–water partition coefficient (Wildman–Crippen LogP) is 0.642. The normalized spacial score (nSPS) is 16.5. The standard InChI is InChI=1S/C14H23N3O5S/c1-10-12(15(2)9-23(20,21)22)13(18)17(14(19)16(10)3)11-7-5-4-6-8-11/h11H,4-9H2,1-3H3,(H,20,21,22). The maximum Gasteiger partial charge on any atom is 0.331 e. The Morgan fingerprint density at radius 1 is 1.22 bits per heavy atom. The second-order valence-electron chi connectivity index (χ2n) is 6.15. The molecule has 0 atom stereocenters. The van der Waals surface area contributed by atoms with E-state index >= 15 is 0 Å². The SMILES string of the molecule is Cc1c(N(C)CS(=O)(=O)O)c(=O)n(C2CCCCC2)c(=O)n1C. The minimum absolute atomic E-state index is 0.121. The third-order valence-corrected chi connectivity index (χ3v) is 5.15. The molecule has 0 radical (unpaired) electrons. The Kier molecular flexibility index (Phi) is 5.00.